The van der Waals surface area contributed by atoms with Gasteiger partial charge < -0.3 is 24.9 Å². The van der Waals surface area contributed by atoms with Gasteiger partial charge in [-0.3, -0.25) is 0 Å². The van der Waals surface area contributed by atoms with E-state index in [1.54, 1.807) is 55.7 Å². The SMILES string of the molecule is CC1(c2ccccc2)Sc2ccccc2C1=C1CCNCC1.CCC1(c2ccccc2)Sc2ccccc2C1=C1CCN(C)CC1.CN1CCC(=C2c3ccccc3SC2(C)c2ccccc2)CC1.CN1CCC(=C2c3ccccc3SC2(C)c2ccccc2)CC1.CN1CCC(=C2c3ccccc3SC2(C)c2ccccc2)CC1. The molecule has 5 saturated heterocycles. The number of fused-ring (bicyclic) bond motifs is 5. The summed E-state index contributed by atoms with van der Waals surface area (Å²) in [5.41, 5.74) is 30.7. The summed E-state index contributed by atoms with van der Waals surface area (Å²) in [7, 11) is 8.93. The summed E-state index contributed by atoms with van der Waals surface area (Å²) >= 11 is 10.2. The van der Waals surface area contributed by atoms with Crippen molar-refractivity contribution in [3.05, 3.63) is 356 Å². The topological polar surface area (TPSA) is 25.0 Å². The van der Waals surface area contributed by atoms with Crippen molar-refractivity contribution in [3.63, 3.8) is 0 Å². The van der Waals surface area contributed by atoms with Crippen molar-refractivity contribution < 1.29 is 0 Å². The van der Waals surface area contributed by atoms with Gasteiger partial charge in [-0.1, -0.05) is 277 Å². The van der Waals surface area contributed by atoms with Crippen molar-refractivity contribution in [1.82, 2.24) is 24.9 Å². The van der Waals surface area contributed by atoms with E-state index in [-0.39, 0.29) is 23.7 Å². The first-order chi connectivity index (χ1) is 56.1. The summed E-state index contributed by atoms with van der Waals surface area (Å²) in [5.74, 6) is 0. The first-order valence-electron chi connectivity index (χ1n) is 42.4. The fourth-order valence-corrected chi connectivity index (χ4v) is 27.2. The van der Waals surface area contributed by atoms with E-state index in [0.29, 0.717) is 0 Å². The zero-order valence-corrected chi connectivity index (χ0v) is 73.2. The number of hydrogen-bond donors (Lipinski definition) is 1. The monoisotopic (exact) mass is 1610 g/mol. The number of hydrogen-bond acceptors (Lipinski definition) is 10. The first-order valence-corrected chi connectivity index (χ1v) is 46.4. The fourth-order valence-electron chi connectivity index (χ4n) is 19.7. The summed E-state index contributed by atoms with van der Waals surface area (Å²) < 4.78 is 0.233. The van der Waals surface area contributed by atoms with E-state index in [0.717, 1.165) is 19.5 Å². The van der Waals surface area contributed by atoms with Gasteiger partial charge in [-0.25, -0.2) is 0 Å². The van der Waals surface area contributed by atoms with Crippen LogP contribution in [0, 0.1) is 0 Å². The quantitative estimate of drug-likeness (QED) is 0.173. The molecule has 10 aliphatic heterocycles. The maximum absolute atomic E-state index is 3.49. The van der Waals surface area contributed by atoms with Gasteiger partial charge in [0.05, 0.1) is 23.7 Å². The van der Waals surface area contributed by atoms with Gasteiger partial charge in [-0.15, -0.1) is 58.8 Å². The van der Waals surface area contributed by atoms with E-state index in [4.69, 9.17) is 0 Å². The molecule has 10 aromatic carbocycles. The second-order valence-electron chi connectivity index (χ2n) is 33.5. The van der Waals surface area contributed by atoms with Crippen LogP contribution in [0.5, 0.6) is 0 Å². The van der Waals surface area contributed by atoms with Gasteiger partial charge >= 0.3 is 0 Å². The molecule has 5 fully saturated rings. The molecule has 10 aliphatic rings. The van der Waals surface area contributed by atoms with Crippen LogP contribution in [0.3, 0.4) is 0 Å². The molecule has 10 heteroatoms. The summed E-state index contributed by atoms with van der Waals surface area (Å²) in [6.07, 6.45) is 13.1. The average molecular weight is 1610 g/mol. The second kappa shape index (κ2) is 36.0. The van der Waals surface area contributed by atoms with Crippen molar-refractivity contribution in [3.8, 4) is 0 Å². The van der Waals surface area contributed by atoms with E-state index in [9.17, 15) is 0 Å². The van der Waals surface area contributed by atoms with Crippen LogP contribution in [0.2, 0.25) is 0 Å². The molecule has 5 atom stereocenters. The Hall–Kier alpha value is -7.55. The largest absolute Gasteiger partial charge is 0.316 e. The summed E-state index contributed by atoms with van der Waals surface area (Å²) in [5, 5.41) is 3.49. The van der Waals surface area contributed by atoms with Crippen LogP contribution in [0.25, 0.3) is 27.9 Å². The predicted molar refractivity (Wildman–Crippen MR) is 499 cm³/mol. The molecule has 1 N–H and O–H groups in total. The molecule has 5 nitrogen and oxygen atoms in total. The van der Waals surface area contributed by atoms with Crippen LogP contribution < -0.4 is 5.32 Å². The van der Waals surface area contributed by atoms with Gasteiger partial charge in [-0.2, -0.15) is 0 Å². The van der Waals surface area contributed by atoms with Crippen LogP contribution >= 0.6 is 58.8 Å². The molecule has 0 saturated carbocycles. The van der Waals surface area contributed by atoms with Gasteiger partial charge in [-0.05, 0) is 253 Å². The molecule has 0 aromatic heterocycles. The van der Waals surface area contributed by atoms with E-state index in [1.165, 1.54) is 197 Å². The molecule has 590 valence electrons. The molecule has 115 heavy (non-hydrogen) atoms. The Kier molecular flexibility index (Phi) is 25.4. The number of nitrogens with one attached hydrogen (secondary N) is 1. The lowest BCUT2D eigenvalue weighted by Crippen LogP contribution is -2.29. The fraction of sp³-hybridized carbons (Fsp3) is 0.333. The minimum Gasteiger partial charge on any atom is -0.316 e. The van der Waals surface area contributed by atoms with Crippen LogP contribution in [-0.2, 0) is 23.7 Å². The summed E-state index contributed by atoms with van der Waals surface area (Å²) in [4.78, 5) is 16.9. The molecule has 0 bridgehead atoms. The molecular weight excluding hydrogens is 1490 g/mol. The van der Waals surface area contributed by atoms with Crippen molar-refractivity contribution in [2.24, 2.45) is 0 Å². The number of likely N-dealkylation sites (tertiary alicyclic amines) is 4. The van der Waals surface area contributed by atoms with Crippen molar-refractivity contribution >= 4 is 86.7 Å². The average Bonchev–Trinajstić information content (AvgIpc) is 1.60. The van der Waals surface area contributed by atoms with Crippen LogP contribution in [0.15, 0.2) is 325 Å². The zero-order valence-electron chi connectivity index (χ0n) is 69.2. The lowest BCUT2D eigenvalue weighted by molar-refractivity contribution is 0.312. The van der Waals surface area contributed by atoms with Crippen LogP contribution in [0.4, 0.5) is 0 Å². The van der Waals surface area contributed by atoms with Crippen LogP contribution in [0.1, 0.15) is 161 Å². The number of benzene rings is 10. The van der Waals surface area contributed by atoms with E-state index in [2.05, 4.69) is 372 Å². The Morgan fingerprint density at radius 2 is 0.443 bits per heavy atom. The minimum absolute atomic E-state index is 0.0379. The summed E-state index contributed by atoms with van der Waals surface area (Å²) in [6, 6.07) is 100.0. The lowest BCUT2D eigenvalue weighted by Gasteiger charge is -2.34. The van der Waals surface area contributed by atoms with Crippen molar-refractivity contribution in [2.75, 3.05) is 93.6 Å². The maximum Gasteiger partial charge on any atom is 0.0707 e. The van der Waals surface area contributed by atoms with Crippen LogP contribution in [-0.4, -0.2) is 113 Å². The highest BCUT2D eigenvalue weighted by molar-refractivity contribution is 8.02. The highest BCUT2D eigenvalue weighted by Crippen LogP contribution is 2.66. The highest BCUT2D eigenvalue weighted by Gasteiger charge is 2.48. The first kappa shape index (κ1) is 81.2. The smallest absolute Gasteiger partial charge is 0.0707 e. The van der Waals surface area contributed by atoms with Crippen molar-refractivity contribution in [1.29, 1.82) is 0 Å². The highest BCUT2D eigenvalue weighted by atomic mass is 32.2. The molecular formula is C105H115N5S5. The van der Waals surface area contributed by atoms with E-state index < -0.39 is 0 Å². The van der Waals surface area contributed by atoms with Gasteiger partial charge in [0.15, 0.2) is 0 Å². The standard InChI is InChI=1S/C22H25NS.3C21H23NS.C20H21NS/c1-3-22(18-9-5-4-6-10-18)21(17-13-15-23(2)16-14-17)19-11-7-8-12-20(19)24-22;3*1-21(17-8-4-3-5-9-17)20(16-12-14-22(2)15-13-16)18-10-6-7-11-19(18)23-21;1-20(16-7-3-2-4-8-16)19(15-11-13-21-14-12-15)17-9-5-6-10-18(17)22-20/h4-12H,3,13-16H2,1-2H3;3*3-11H,12-15H2,1-2H3;2-10,21H,11-14H2,1H3. The molecule has 0 aliphatic carbocycles. The molecule has 10 aromatic rings. The Bertz CT molecular complexity index is 4890. The predicted octanol–water partition coefficient (Wildman–Crippen LogP) is 26.0. The van der Waals surface area contributed by atoms with Gasteiger partial charge in [0, 0.05) is 76.8 Å². The number of rotatable bonds is 6. The van der Waals surface area contributed by atoms with Crippen molar-refractivity contribution in [2.45, 2.75) is 153 Å². The Labute approximate surface area is 709 Å². The number of thioether (sulfide) groups is 5. The minimum atomic E-state index is 0.0379. The van der Waals surface area contributed by atoms with Gasteiger partial charge in [0.2, 0.25) is 0 Å². The second-order valence-corrected chi connectivity index (χ2v) is 40.7. The normalized spacial score (nSPS) is 24.6. The maximum atomic E-state index is 3.49. The molecule has 0 spiro atoms. The summed E-state index contributed by atoms with van der Waals surface area (Å²) in [6.45, 7) is 23.6. The van der Waals surface area contributed by atoms with Gasteiger partial charge in [0.1, 0.15) is 0 Å². The zero-order chi connectivity index (χ0) is 79.2. The third kappa shape index (κ3) is 16.7. The Balaban J connectivity index is 0.000000108. The molecule has 0 amide bonds. The van der Waals surface area contributed by atoms with Gasteiger partial charge in [0.25, 0.3) is 0 Å². The van der Waals surface area contributed by atoms with E-state index in [1.807, 2.05) is 47.0 Å². The Morgan fingerprint density at radius 3 is 0.696 bits per heavy atom. The number of piperidine rings is 5. The third-order valence-corrected chi connectivity index (χ3v) is 33.4. The molecule has 10 heterocycles. The van der Waals surface area contributed by atoms with E-state index >= 15 is 0 Å². The molecule has 0 radical (unpaired) electrons. The lowest BCUT2D eigenvalue weighted by atomic mass is 9.79. The molecule has 5 unspecified atom stereocenters. The Morgan fingerprint density at radius 1 is 0.243 bits per heavy atom. The molecule has 20 rings (SSSR count). The number of nitrogens with zero attached hydrogens (tertiary/aromatic N) is 4. The third-order valence-electron chi connectivity index (χ3n) is 26.0.